The molecular weight excluding hydrogens is 538 g/mol. The van der Waals surface area contributed by atoms with Gasteiger partial charge in [-0.3, -0.25) is 4.21 Å². The van der Waals surface area contributed by atoms with Crippen molar-refractivity contribution in [3.05, 3.63) is 65.8 Å². The molecule has 0 bridgehead atoms. The molecule has 0 aliphatic carbocycles. The monoisotopic (exact) mass is 571 g/mol. The number of carbonyl (C=O) groups excluding carboxylic acids is 2. The maximum absolute atomic E-state index is 12.9. The van der Waals surface area contributed by atoms with Gasteiger partial charge < -0.3 is 39.7 Å². The number of aromatic nitrogens is 1. The predicted octanol–water partition coefficient (Wildman–Crippen LogP) is 4.08. The number of hydroxylamine groups is 3. The molecule has 1 unspecified atom stereocenters. The van der Waals surface area contributed by atoms with Gasteiger partial charge >= 0.3 is 12.1 Å². The molecule has 3 N–H and O–H groups in total. The summed E-state index contributed by atoms with van der Waals surface area (Å²) in [6, 6.07) is 11.7. The molecule has 3 aromatic rings. The van der Waals surface area contributed by atoms with E-state index in [2.05, 4.69) is 20.9 Å². The Labute approximate surface area is 234 Å². The third-order valence-corrected chi connectivity index (χ3v) is 7.77. The van der Waals surface area contributed by atoms with Crippen molar-refractivity contribution < 1.29 is 32.3 Å². The number of ether oxygens (including phenoxy) is 2. The van der Waals surface area contributed by atoms with Crippen LogP contribution in [0.3, 0.4) is 0 Å². The molecule has 12 nitrogen and oxygen atoms in total. The molecule has 13 heteroatoms. The highest BCUT2D eigenvalue weighted by Crippen LogP contribution is 2.32. The van der Waals surface area contributed by atoms with E-state index in [9.17, 15) is 19.0 Å². The second-order valence-electron chi connectivity index (χ2n) is 9.39. The SMILES string of the molecule is CCC(C[N+]1([O-])CCS(=O)CC1)OC(=O)NCc1cccc(NC(=O)Nc2ccc(-c3cnco3)c(OC)c2)c1. The lowest BCUT2D eigenvalue weighted by Gasteiger charge is -2.46. The van der Waals surface area contributed by atoms with Crippen LogP contribution in [0.5, 0.6) is 5.75 Å². The van der Waals surface area contributed by atoms with Gasteiger partial charge in [-0.25, -0.2) is 14.6 Å². The van der Waals surface area contributed by atoms with Gasteiger partial charge in [0.05, 0.1) is 43.5 Å². The fourth-order valence-electron chi connectivity index (χ4n) is 4.29. The zero-order valence-electron chi connectivity index (χ0n) is 22.4. The van der Waals surface area contributed by atoms with Crippen molar-refractivity contribution in [3.8, 4) is 17.1 Å². The first-order valence-corrected chi connectivity index (χ1v) is 14.4. The molecule has 0 saturated carbocycles. The Kier molecular flexibility index (Phi) is 9.74. The predicted molar refractivity (Wildman–Crippen MR) is 151 cm³/mol. The fraction of sp³-hybridized carbons (Fsp3) is 0.370. The van der Waals surface area contributed by atoms with E-state index in [0.29, 0.717) is 46.4 Å². The van der Waals surface area contributed by atoms with Crippen LogP contribution in [0.15, 0.2) is 59.5 Å². The minimum atomic E-state index is -0.939. The number of hydrogen-bond donors (Lipinski definition) is 3. The number of hydrogen-bond acceptors (Lipinski definition) is 8. The lowest BCUT2D eigenvalue weighted by molar-refractivity contribution is -0.880. The van der Waals surface area contributed by atoms with E-state index in [-0.39, 0.29) is 26.2 Å². The quantitative estimate of drug-likeness (QED) is 0.243. The van der Waals surface area contributed by atoms with Crippen molar-refractivity contribution in [3.63, 3.8) is 0 Å². The molecule has 214 valence electrons. The molecule has 4 rings (SSSR count). The number of methoxy groups -OCH3 is 1. The van der Waals surface area contributed by atoms with Gasteiger partial charge in [-0.1, -0.05) is 19.1 Å². The molecular formula is C27H33N5O7S. The smallest absolute Gasteiger partial charge is 0.407 e. The summed E-state index contributed by atoms with van der Waals surface area (Å²) in [4.78, 5) is 28.9. The number of nitrogens with zero attached hydrogens (tertiary/aromatic N) is 2. The largest absolute Gasteiger partial charge is 0.633 e. The normalized spacial score (nSPS) is 19.3. The van der Waals surface area contributed by atoms with Gasteiger partial charge in [0.1, 0.15) is 12.3 Å². The Morgan fingerprint density at radius 2 is 1.90 bits per heavy atom. The van der Waals surface area contributed by atoms with Gasteiger partial charge in [-0.05, 0) is 36.2 Å². The molecule has 1 aromatic heterocycles. The third-order valence-electron chi connectivity index (χ3n) is 6.50. The number of carbonyl (C=O) groups is 2. The molecule has 0 spiro atoms. The minimum absolute atomic E-state index is 0.143. The average Bonchev–Trinajstić information content (AvgIpc) is 3.48. The molecule has 2 heterocycles. The molecule has 1 fully saturated rings. The molecule has 1 atom stereocenters. The summed E-state index contributed by atoms with van der Waals surface area (Å²) in [7, 11) is 0.586. The maximum Gasteiger partial charge on any atom is 0.407 e. The standard InChI is InChI=1S/C27H33N5O7S/c1-3-22(17-32(35)9-11-40(36)12-10-32)39-27(34)29-15-19-5-4-6-20(13-19)30-26(33)31-21-7-8-23(24(14-21)37-2)25-16-28-18-38-25/h4-8,13-14,16,18,22H,3,9-12,15,17H2,1-2H3,(H,29,34)(H2,30,31,33). The second kappa shape index (κ2) is 13.4. The van der Waals surface area contributed by atoms with Crippen LogP contribution in [-0.2, 0) is 22.1 Å². The van der Waals surface area contributed by atoms with E-state index in [4.69, 9.17) is 13.9 Å². The van der Waals surface area contributed by atoms with E-state index in [1.807, 2.05) is 6.92 Å². The van der Waals surface area contributed by atoms with Crippen LogP contribution >= 0.6 is 0 Å². The van der Waals surface area contributed by atoms with Crippen molar-refractivity contribution in [2.75, 3.05) is 48.9 Å². The van der Waals surface area contributed by atoms with Crippen LogP contribution in [0.2, 0.25) is 0 Å². The summed E-state index contributed by atoms with van der Waals surface area (Å²) in [6.45, 7) is 2.70. The van der Waals surface area contributed by atoms with E-state index in [0.717, 1.165) is 5.56 Å². The topological polar surface area (TPSA) is 155 Å². The Hall–Kier alpha value is -3.94. The van der Waals surface area contributed by atoms with E-state index in [1.54, 1.807) is 48.7 Å². The lowest BCUT2D eigenvalue weighted by Crippen LogP contribution is -2.55. The van der Waals surface area contributed by atoms with Gasteiger partial charge in [0.15, 0.2) is 18.3 Å². The first kappa shape index (κ1) is 29.1. The van der Waals surface area contributed by atoms with Gasteiger partial charge in [-0.15, -0.1) is 0 Å². The van der Waals surface area contributed by atoms with Crippen molar-refractivity contribution in [2.45, 2.75) is 26.0 Å². The summed E-state index contributed by atoms with van der Waals surface area (Å²) in [5, 5.41) is 21.1. The Balaban J connectivity index is 1.27. The number of rotatable bonds is 10. The maximum atomic E-state index is 12.9. The summed E-state index contributed by atoms with van der Waals surface area (Å²) in [6.07, 6.45) is 2.24. The molecule has 0 radical (unpaired) electrons. The van der Waals surface area contributed by atoms with Crippen molar-refractivity contribution >= 4 is 34.3 Å². The first-order chi connectivity index (χ1) is 19.3. The van der Waals surface area contributed by atoms with Gasteiger partial charge in [-0.2, -0.15) is 0 Å². The van der Waals surface area contributed by atoms with Crippen LogP contribution in [-0.4, -0.2) is 70.3 Å². The number of amides is 3. The number of urea groups is 1. The van der Waals surface area contributed by atoms with Crippen LogP contribution < -0.4 is 20.7 Å². The molecule has 1 aliphatic rings. The van der Waals surface area contributed by atoms with E-state index < -0.39 is 33.7 Å². The number of oxazole rings is 1. The number of nitrogens with one attached hydrogen (secondary N) is 3. The summed E-state index contributed by atoms with van der Waals surface area (Å²) in [5.74, 6) is 1.81. The molecule has 1 saturated heterocycles. The second-order valence-corrected chi connectivity index (χ2v) is 11.1. The van der Waals surface area contributed by atoms with Crippen LogP contribution in [0.4, 0.5) is 21.0 Å². The van der Waals surface area contributed by atoms with Gasteiger partial charge in [0.2, 0.25) is 0 Å². The zero-order chi connectivity index (χ0) is 28.5. The highest BCUT2D eigenvalue weighted by molar-refractivity contribution is 7.85. The molecule has 3 amide bonds. The summed E-state index contributed by atoms with van der Waals surface area (Å²) in [5.41, 5.74) is 2.49. The molecule has 40 heavy (non-hydrogen) atoms. The number of anilines is 2. The van der Waals surface area contributed by atoms with Crippen LogP contribution in [0, 0.1) is 5.21 Å². The van der Waals surface area contributed by atoms with Crippen molar-refractivity contribution in [1.29, 1.82) is 0 Å². The zero-order valence-corrected chi connectivity index (χ0v) is 23.2. The number of quaternary nitrogens is 1. The van der Waals surface area contributed by atoms with Crippen LogP contribution in [0.25, 0.3) is 11.3 Å². The first-order valence-electron chi connectivity index (χ1n) is 12.9. The Morgan fingerprint density at radius 1 is 1.15 bits per heavy atom. The molecule has 2 aromatic carbocycles. The van der Waals surface area contributed by atoms with Crippen molar-refractivity contribution in [2.24, 2.45) is 0 Å². The van der Waals surface area contributed by atoms with E-state index >= 15 is 0 Å². The number of alkyl carbamates (subject to hydrolysis) is 1. The summed E-state index contributed by atoms with van der Waals surface area (Å²) >= 11 is 0. The third kappa shape index (κ3) is 8.04. The Bertz CT molecular complexity index is 1320. The lowest BCUT2D eigenvalue weighted by atomic mass is 10.1. The van der Waals surface area contributed by atoms with E-state index in [1.165, 1.54) is 13.5 Å². The molecule has 1 aliphatic heterocycles. The highest BCUT2D eigenvalue weighted by Gasteiger charge is 2.29. The fourth-order valence-corrected chi connectivity index (χ4v) is 5.57. The highest BCUT2D eigenvalue weighted by atomic mass is 32.2. The van der Waals surface area contributed by atoms with Crippen molar-refractivity contribution in [1.82, 2.24) is 10.3 Å². The Morgan fingerprint density at radius 3 is 2.58 bits per heavy atom. The average molecular weight is 572 g/mol. The summed E-state index contributed by atoms with van der Waals surface area (Å²) < 4.78 is 27.3. The minimum Gasteiger partial charge on any atom is -0.633 e. The van der Waals surface area contributed by atoms with Gasteiger partial charge in [0.25, 0.3) is 0 Å². The van der Waals surface area contributed by atoms with Gasteiger partial charge in [0, 0.05) is 34.8 Å². The van der Waals surface area contributed by atoms with Crippen LogP contribution in [0.1, 0.15) is 18.9 Å². The number of benzene rings is 2.